The maximum Gasteiger partial charge on any atom is 0.416 e. The third-order valence-electron chi connectivity index (χ3n) is 4.10. The molecule has 26 heavy (non-hydrogen) atoms. The molecular formula is C17H9ClF3N3O2. The molecule has 3 aromatic rings. The first kappa shape index (κ1) is 16.7. The Morgan fingerprint density at radius 3 is 2.54 bits per heavy atom. The third kappa shape index (κ3) is 2.58. The van der Waals surface area contributed by atoms with E-state index in [1.54, 1.807) is 18.2 Å². The average molecular weight is 380 g/mol. The van der Waals surface area contributed by atoms with E-state index in [0.29, 0.717) is 5.39 Å². The topological polar surface area (TPSA) is 66.3 Å². The number of alkyl halides is 3. The van der Waals surface area contributed by atoms with Crippen molar-refractivity contribution in [1.82, 2.24) is 9.97 Å². The lowest BCUT2D eigenvalue weighted by Gasteiger charge is -2.19. The summed E-state index contributed by atoms with van der Waals surface area (Å²) in [5.74, 6) is -0.706. The van der Waals surface area contributed by atoms with Gasteiger partial charge in [-0.05, 0) is 36.4 Å². The van der Waals surface area contributed by atoms with Gasteiger partial charge in [-0.1, -0.05) is 17.7 Å². The Kier molecular flexibility index (Phi) is 3.64. The molecule has 9 heteroatoms. The molecule has 0 aliphatic carbocycles. The van der Waals surface area contributed by atoms with Crippen LogP contribution >= 0.6 is 11.6 Å². The number of nitrogens with zero attached hydrogens (tertiary/aromatic N) is 3. The van der Waals surface area contributed by atoms with Gasteiger partial charge in [0.05, 0.1) is 5.56 Å². The van der Waals surface area contributed by atoms with Gasteiger partial charge in [0.25, 0.3) is 5.91 Å². The van der Waals surface area contributed by atoms with Crippen LogP contribution in [0.5, 0.6) is 0 Å². The molecule has 3 heterocycles. The molecule has 0 bridgehead atoms. The molecule has 1 unspecified atom stereocenters. The van der Waals surface area contributed by atoms with E-state index in [0.717, 1.165) is 23.1 Å². The lowest BCUT2D eigenvalue weighted by atomic mass is 10.1. The number of amides is 1. The van der Waals surface area contributed by atoms with Gasteiger partial charge in [0.2, 0.25) is 0 Å². The first-order chi connectivity index (χ1) is 12.3. The third-order valence-corrected chi connectivity index (χ3v) is 4.31. The number of aromatic nitrogens is 2. The highest BCUT2D eigenvalue weighted by molar-refractivity contribution is 6.29. The maximum absolute atomic E-state index is 12.9. The number of aliphatic hydroxyl groups excluding tert-OH is 1. The molecule has 1 aliphatic heterocycles. The van der Waals surface area contributed by atoms with Gasteiger partial charge in [-0.25, -0.2) is 9.97 Å². The van der Waals surface area contributed by atoms with E-state index < -0.39 is 23.9 Å². The smallest absolute Gasteiger partial charge is 0.369 e. The number of rotatable bonds is 1. The molecule has 0 saturated heterocycles. The number of fused-ring (bicyclic) bond motifs is 2. The number of aliphatic hydroxyl groups is 1. The fourth-order valence-electron chi connectivity index (χ4n) is 2.85. The largest absolute Gasteiger partial charge is 0.416 e. The van der Waals surface area contributed by atoms with Crippen LogP contribution in [0.1, 0.15) is 27.7 Å². The van der Waals surface area contributed by atoms with Crippen molar-refractivity contribution in [3.05, 3.63) is 64.3 Å². The van der Waals surface area contributed by atoms with Gasteiger partial charge in [-0.15, -0.1) is 0 Å². The van der Waals surface area contributed by atoms with Crippen molar-refractivity contribution in [3.8, 4) is 0 Å². The minimum atomic E-state index is -4.59. The highest BCUT2D eigenvalue weighted by Crippen LogP contribution is 2.39. The highest BCUT2D eigenvalue weighted by atomic mass is 35.5. The fraction of sp³-hybridized carbons (Fsp3) is 0.118. The number of hydrogen-bond acceptors (Lipinski definition) is 4. The predicted molar refractivity (Wildman–Crippen MR) is 87.8 cm³/mol. The Morgan fingerprint density at radius 2 is 1.81 bits per heavy atom. The van der Waals surface area contributed by atoms with Crippen molar-refractivity contribution in [2.45, 2.75) is 12.4 Å². The van der Waals surface area contributed by atoms with Crippen LogP contribution < -0.4 is 4.90 Å². The lowest BCUT2D eigenvalue weighted by molar-refractivity contribution is -0.137. The first-order valence-electron chi connectivity index (χ1n) is 7.42. The number of carbonyl (C=O) groups is 1. The Balaban J connectivity index is 1.80. The molecule has 2 aromatic heterocycles. The van der Waals surface area contributed by atoms with E-state index in [1.165, 1.54) is 6.07 Å². The second-order valence-electron chi connectivity index (χ2n) is 5.70. The second-order valence-corrected chi connectivity index (χ2v) is 6.09. The van der Waals surface area contributed by atoms with E-state index in [1.807, 2.05) is 0 Å². The molecule has 1 N–H and O–H groups in total. The predicted octanol–water partition coefficient (Wildman–Crippen LogP) is 3.95. The Labute approximate surface area is 149 Å². The van der Waals surface area contributed by atoms with E-state index in [9.17, 15) is 23.1 Å². The average Bonchev–Trinajstić information content (AvgIpc) is 2.84. The van der Waals surface area contributed by atoms with Crippen LogP contribution in [0.4, 0.5) is 19.0 Å². The highest BCUT2D eigenvalue weighted by Gasteiger charge is 2.40. The van der Waals surface area contributed by atoms with Gasteiger partial charge in [-0.3, -0.25) is 9.69 Å². The summed E-state index contributed by atoms with van der Waals surface area (Å²) in [6.45, 7) is 0. The summed E-state index contributed by atoms with van der Waals surface area (Å²) in [4.78, 5) is 21.8. The molecule has 1 aromatic carbocycles. The van der Waals surface area contributed by atoms with Crippen LogP contribution in [0.2, 0.25) is 5.15 Å². The number of halogens is 4. The molecule has 0 radical (unpaired) electrons. The summed E-state index contributed by atoms with van der Waals surface area (Å²) in [6, 6.07) is 9.03. The van der Waals surface area contributed by atoms with Crippen LogP contribution in [0.25, 0.3) is 11.0 Å². The van der Waals surface area contributed by atoms with Crippen LogP contribution in [0, 0.1) is 0 Å². The van der Waals surface area contributed by atoms with E-state index in [2.05, 4.69) is 9.97 Å². The lowest BCUT2D eigenvalue weighted by Crippen LogP contribution is -2.28. The standard InChI is InChI=1S/C17H9ClF3N3O2/c18-12-5-1-8-2-6-13(23-14(8)22-12)24-15(25)10-4-3-9(17(19,20)21)7-11(10)16(24)26/h1-7,15,25H. The van der Waals surface area contributed by atoms with Gasteiger partial charge >= 0.3 is 6.18 Å². The molecule has 1 amide bonds. The Bertz CT molecular complexity index is 1060. The second kappa shape index (κ2) is 5.65. The molecule has 4 rings (SSSR count). The summed E-state index contributed by atoms with van der Waals surface area (Å²) >= 11 is 5.83. The zero-order valence-electron chi connectivity index (χ0n) is 12.8. The van der Waals surface area contributed by atoms with Crippen molar-refractivity contribution >= 4 is 34.4 Å². The van der Waals surface area contributed by atoms with Crippen molar-refractivity contribution in [3.63, 3.8) is 0 Å². The summed E-state index contributed by atoms with van der Waals surface area (Å²) in [5.41, 5.74) is -0.835. The number of anilines is 1. The van der Waals surface area contributed by atoms with E-state index in [-0.39, 0.29) is 27.7 Å². The summed E-state index contributed by atoms with van der Waals surface area (Å²) in [7, 11) is 0. The van der Waals surface area contributed by atoms with Gasteiger partial charge in [0.15, 0.2) is 11.9 Å². The molecule has 0 fully saturated rings. The molecule has 5 nitrogen and oxygen atoms in total. The quantitative estimate of drug-likeness (QED) is 0.650. The van der Waals surface area contributed by atoms with Gasteiger partial charge < -0.3 is 5.11 Å². The van der Waals surface area contributed by atoms with Crippen molar-refractivity contribution < 1.29 is 23.1 Å². The van der Waals surface area contributed by atoms with Crippen molar-refractivity contribution in [2.24, 2.45) is 0 Å². The molecular weight excluding hydrogens is 371 g/mol. The Hall–Kier alpha value is -2.71. The van der Waals surface area contributed by atoms with Crippen LogP contribution in [-0.2, 0) is 6.18 Å². The zero-order chi connectivity index (χ0) is 18.6. The van der Waals surface area contributed by atoms with Crippen LogP contribution in [0.3, 0.4) is 0 Å². The maximum atomic E-state index is 12.9. The number of benzene rings is 1. The molecule has 132 valence electrons. The number of carbonyl (C=O) groups excluding carboxylic acids is 1. The first-order valence-corrected chi connectivity index (χ1v) is 7.79. The van der Waals surface area contributed by atoms with Crippen molar-refractivity contribution in [2.75, 3.05) is 4.90 Å². The molecule has 1 aliphatic rings. The normalized spacial score (nSPS) is 17.0. The number of hydrogen-bond donors (Lipinski definition) is 1. The number of pyridine rings is 2. The molecule has 0 spiro atoms. The molecule has 1 atom stereocenters. The van der Waals surface area contributed by atoms with Crippen LogP contribution in [-0.4, -0.2) is 21.0 Å². The van der Waals surface area contributed by atoms with Crippen molar-refractivity contribution in [1.29, 1.82) is 0 Å². The van der Waals surface area contributed by atoms with E-state index >= 15 is 0 Å². The van der Waals surface area contributed by atoms with E-state index in [4.69, 9.17) is 11.6 Å². The van der Waals surface area contributed by atoms with Gasteiger partial charge in [0.1, 0.15) is 11.0 Å². The summed E-state index contributed by atoms with van der Waals surface area (Å²) < 4.78 is 38.7. The summed E-state index contributed by atoms with van der Waals surface area (Å²) in [6.07, 6.45) is -6.03. The zero-order valence-corrected chi connectivity index (χ0v) is 13.6. The van der Waals surface area contributed by atoms with Gasteiger partial charge in [-0.2, -0.15) is 13.2 Å². The Morgan fingerprint density at radius 1 is 1.08 bits per heavy atom. The monoisotopic (exact) mass is 379 g/mol. The minimum absolute atomic E-state index is 0.0644. The van der Waals surface area contributed by atoms with Crippen LogP contribution in [0.15, 0.2) is 42.5 Å². The SMILES string of the molecule is O=C1c2cc(C(F)(F)F)ccc2C(O)N1c1ccc2ccc(Cl)nc2n1. The summed E-state index contributed by atoms with van der Waals surface area (Å²) in [5, 5.41) is 11.3. The van der Waals surface area contributed by atoms with Gasteiger partial charge in [0, 0.05) is 16.5 Å². The fourth-order valence-corrected chi connectivity index (χ4v) is 3.00. The minimum Gasteiger partial charge on any atom is -0.369 e. The molecule has 0 saturated carbocycles.